The van der Waals surface area contributed by atoms with Crippen molar-refractivity contribution in [2.75, 3.05) is 0 Å². The highest BCUT2D eigenvalue weighted by Crippen LogP contribution is 2.29. The highest BCUT2D eigenvalue weighted by molar-refractivity contribution is 8.01. The van der Waals surface area contributed by atoms with Crippen LogP contribution in [0.25, 0.3) is 0 Å². The van der Waals surface area contributed by atoms with Crippen LogP contribution in [0.2, 0.25) is 0 Å². The minimum atomic E-state index is -0.513. The Labute approximate surface area is 103 Å². The lowest BCUT2D eigenvalue weighted by molar-refractivity contribution is 0.194. The number of rotatable bonds is 3. The van der Waals surface area contributed by atoms with Gasteiger partial charge in [-0.25, -0.2) is 4.98 Å². The van der Waals surface area contributed by atoms with Gasteiger partial charge in [-0.05, 0) is 26.0 Å². The quantitative estimate of drug-likeness (QED) is 0.912. The molecule has 0 aliphatic carbocycles. The minimum Gasteiger partial charge on any atom is -0.387 e. The lowest BCUT2D eigenvalue weighted by Gasteiger charge is -2.03. The fourth-order valence-electron chi connectivity index (χ4n) is 1.18. The molecule has 5 heteroatoms. The van der Waals surface area contributed by atoms with Crippen LogP contribution in [-0.4, -0.2) is 15.1 Å². The van der Waals surface area contributed by atoms with Crippen LogP contribution >= 0.6 is 23.1 Å². The van der Waals surface area contributed by atoms with Gasteiger partial charge < -0.3 is 5.11 Å². The highest BCUT2D eigenvalue weighted by atomic mass is 32.2. The molecule has 0 unspecified atom stereocenters. The van der Waals surface area contributed by atoms with Crippen molar-refractivity contribution < 1.29 is 5.11 Å². The fourth-order valence-corrected chi connectivity index (χ4v) is 2.96. The summed E-state index contributed by atoms with van der Waals surface area (Å²) in [5.41, 5.74) is 1.74. The normalized spacial score (nSPS) is 12.7. The third-order valence-corrected chi connectivity index (χ3v) is 4.02. The van der Waals surface area contributed by atoms with Crippen LogP contribution in [0.5, 0.6) is 0 Å². The van der Waals surface area contributed by atoms with Gasteiger partial charge in [0.25, 0.3) is 0 Å². The maximum Gasteiger partial charge on any atom is 0.154 e. The zero-order valence-corrected chi connectivity index (χ0v) is 10.7. The number of hydrogen-bond donors (Lipinski definition) is 1. The molecule has 2 aromatic heterocycles. The van der Waals surface area contributed by atoms with Gasteiger partial charge in [0.15, 0.2) is 4.34 Å². The topological polar surface area (TPSA) is 46.0 Å². The first kappa shape index (κ1) is 11.6. The van der Waals surface area contributed by atoms with E-state index in [4.69, 9.17) is 0 Å². The van der Waals surface area contributed by atoms with E-state index in [1.165, 1.54) is 0 Å². The molecule has 0 aliphatic rings. The average molecular weight is 252 g/mol. The Balaban J connectivity index is 2.11. The lowest BCUT2D eigenvalue weighted by atomic mass is 10.2. The van der Waals surface area contributed by atoms with Gasteiger partial charge in [0.05, 0.1) is 11.8 Å². The van der Waals surface area contributed by atoms with Crippen LogP contribution in [0.15, 0.2) is 32.9 Å². The minimum absolute atomic E-state index is 0.513. The largest absolute Gasteiger partial charge is 0.387 e. The molecule has 1 atom stereocenters. The molecule has 0 aliphatic heterocycles. The number of hydrogen-bond acceptors (Lipinski definition) is 5. The zero-order valence-electron chi connectivity index (χ0n) is 9.04. The number of nitrogens with zero attached hydrogens (tertiary/aromatic N) is 2. The SMILES string of the molecule is Cc1csc(Sc2ccc([C@H](C)O)nc2)n1. The number of aliphatic hydroxyl groups excluding tert-OH is 1. The molecule has 0 amide bonds. The number of aliphatic hydroxyl groups is 1. The van der Waals surface area contributed by atoms with Crippen molar-refractivity contribution in [3.8, 4) is 0 Å². The summed E-state index contributed by atoms with van der Waals surface area (Å²) in [6.07, 6.45) is 1.25. The van der Waals surface area contributed by atoms with E-state index in [1.54, 1.807) is 36.2 Å². The number of aromatic nitrogens is 2. The molecule has 3 nitrogen and oxygen atoms in total. The maximum atomic E-state index is 9.33. The van der Waals surface area contributed by atoms with Gasteiger partial charge in [0.1, 0.15) is 0 Å². The summed E-state index contributed by atoms with van der Waals surface area (Å²) in [5, 5.41) is 11.4. The van der Waals surface area contributed by atoms with Gasteiger partial charge in [0, 0.05) is 22.2 Å². The van der Waals surface area contributed by atoms with Gasteiger partial charge in [0.2, 0.25) is 0 Å². The Morgan fingerprint density at radius 1 is 1.44 bits per heavy atom. The standard InChI is InChI=1S/C11H12N2OS2/c1-7-6-15-11(13-7)16-9-3-4-10(8(2)14)12-5-9/h3-6,8,14H,1-2H3/t8-/m0/s1. The third kappa shape index (κ3) is 2.81. The second-order valence-corrected chi connectivity index (χ2v) is 5.63. The van der Waals surface area contributed by atoms with Gasteiger partial charge in [-0.2, -0.15) is 0 Å². The first-order chi connectivity index (χ1) is 7.65. The van der Waals surface area contributed by atoms with E-state index in [0.717, 1.165) is 14.9 Å². The lowest BCUT2D eigenvalue weighted by Crippen LogP contribution is -1.94. The van der Waals surface area contributed by atoms with E-state index in [-0.39, 0.29) is 0 Å². The molecule has 1 N–H and O–H groups in total. The molecule has 16 heavy (non-hydrogen) atoms. The van der Waals surface area contributed by atoms with Crippen molar-refractivity contribution in [3.63, 3.8) is 0 Å². The van der Waals surface area contributed by atoms with Crippen LogP contribution in [0.4, 0.5) is 0 Å². The van der Waals surface area contributed by atoms with Crippen LogP contribution in [0.1, 0.15) is 24.4 Å². The summed E-state index contributed by atoms with van der Waals surface area (Å²) < 4.78 is 1.02. The molecular weight excluding hydrogens is 240 g/mol. The third-order valence-electron chi connectivity index (χ3n) is 1.99. The molecule has 84 valence electrons. The van der Waals surface area contributed by atoms with Gasteiger partial charge >= 0.3 is 0 Å². The number of aryl methyl sites for hydroxylation is 1. The molecule has 2 aromatic rings. The Kier molecular flexibility index (Phi) is 3.58. The summed E-state index contributed by atoms with van der Waals surface area (Å²) >= 11 is 3.22. The van der Waals surface area contributed by atoms with E-state index in [1.807, 2.05) is 24.4 Å². The van der Waals surface area contributed by atoms with E-state index in [9.17, 15) is 5.11 Å². The van der Waals surface area contributed by atoms with Crippen LogP contribution in [-0.2, 0) is 0 Å². The monoisotopic (exact) mass is 252 g/mol. The second kappa shape index (κ2) is 4.95. The van der Waals surface area contributed by atoms with E-state index in [2.05, 4.69) is 9.97 Å². The molecular formula is C11H12N2OS2. The molecule has 0 fully saturated rings. The predicted octanol–water partition coefficient (Wildman–Crippen LogP) is 3.05. The second-order valence-electron chi connectivity index (χ2n) is 3.45. The summed E-state index contributed by atoms with van der Waals surface area (Å²) in [6.45, 7) is 3.69. The number of pyridine rings is 1. The summed E-state index contributed by atoms with van der Waals surface area (Å²) in [5.74, 6) is 0. The average Bonchev–Trinajstić information content (AvgIpc) is 2.65. The predicted molar refractivity (Wildman–Crippen MR) is 65.8 cm³/mol. The molecule has 2 heterocycles. The summed E-state index contributed by atoms with van der Waals surface area (Å²) in [4.78, 5) is 9.60. The first-order valence-corrected chi connectivity index (χ1v) is 6.59. The van der Waals surface area contributed by atoms with Gasteiger partial charge in [-0.1, -0.05) is 11.8 Å². The first-order valence-electron chi connectivity index (χ1n) is 4.89. The van der Waals surface area contributed by atoms with Crippen molar-refractivity contribution in [1.82, 2.24) is 9.97 Å². The van der Waals surface area contributed by atoms with Crippen molar-refractivity contribution in [1.29, 1.82) is 0 Å². The Bertz CT molecular complexity index is 465. The van der Waals surface area contributed by atoms with E-state index >= 15 is 0 Å². The van der Waals surface area contributed by atoms with Crippen molar-refractivity contribution in [3.05, 3.63) is 35.1 Å². The Hall–Kier alpha value is -0.910. The summed E-state index contributed by atoms with van der Waals surface area (Å²) in [6, 6.07) is 3.80. The molecule has 0 saturated heterocycles. The van der Waals surface area contributed by atoms with Crippen molar-refractivity contribution in [2.24, 2.45) is 0 Å². The van der Waals surface area contributed by atoms with Crippen LogP contribution in [0, 0.1) is 6.92 Å². The van der Waals surface area contributed by atoms with Gasteiger partial charge in [-0.15, -0.1) is 11.3 Å². The van der Waals surface area contributed by atoms with Gasteiger partial charge in [-0.3, -0.25) is 4.98 Å². The smallest absolute Gasteiger partial charge is 0.154 e. The van der Waals surface area contributed by atoms with Crippen molar-refractivity contribution >= 4 is 23.1 Å². The molecule has 0 spiro atoms. The molecule has 0 aromatic carbocycles. The molecule has 0 bridgehead atoms. The molecule has 0 saturated carbocycles. The Morgan fingerprint density at radius 2 is 2.25 bits per heavy atom. The van der Waals surface area contributed by atoms with Crippen LogP contribution in [0.3, 0.4) is 0 Å². The van der Waals surface area contributed by atoms with Crippen LogP contribution < -0.4 is 0 Å². The zero-order chi connectivity index (χ0) is 11.5. The van der Waals surface area contributed by atoms with E-state index < -0.39 is 6.10 Å². The van der Waals surface area contributed by atoms with E-state index in [0.29, 0.717) is 5.69 Å². The van der Waals surface area contributed by atoms with Crippen molar-refractivity contribution in [2.45, 2.75) is 29.2 Å². The number of thiazole rings is 1. The maximum absolute atomic E-state index is 9.33. The molecule has 2 rings (SSSR count). The summed E-state index contributed by atoms with van der Waals surface area (Å²) in [7, 11) is 0. The highest BCUT2D eigenvalue weighted by Gasteiger charge is 2.04. The Morgan fingerprint density at radius 3 is 2.75 bits per heavy atom. The molecule has 0 radical (unpaired) electrons. The fraction of sp³-hybridized carbons (Fsp3) is 0.273.